The molecule has 0 amide bonds. The van der Waals surface area contributed by atoms with Gasteiger partial charge in [-0.3, -0.25) is 0 Å². The van der Waals surface area contributed by atoms with Gasteiger partial charge in [0.15, 0.2) is 0 Å². The zero-order valence-corrected chi connectivity index (χ0v) is 11.9. The fourth-order valence-electron chi connectivity index (χ4n) is 2.04. The van der Waals surface area contributed by atoms with E-state index < -0.39 is 0 Å². The number of anilines is 1. The van der Waals surface area contributed by atoms with Crippen LogP contribution >= 0.6 is 11.6 Å². The lowest BCUT2D eigenvalue weighted by molar-refractivity contribution is 0.613. The monoisotopic (exact) mass is 301 g/mol. The summed E-state index contributed by atoms with van der Waals surface area (Å²) in [6, 6.07) is 12.5. The van der Waals surface area contributed by atoms with E-state index in [-0.39, 0.29) is 5.82 Å². The lowest BCUT2D eigenvalue weighted by atomic mass is 10.1. The van der Waals surface area contributed by atoms with Gasteiger partial charge < -0.3 is 10.3 Å². The van der Waals surface area contributed by atoms with Crippen LogP contribution in [0, 0.1) is 5.82 Å². The van der Waals surface area contributed by atoms with Crippen LogP contribution in [0.25, 0.3) is 11.3 Å². The fourth-order valence-corrected chi connectivity index (χ4v) is 2.20. The highest BCUT2D eigenvalue weighted by Gasteiger charge is 2.03. The van der Waals surface area contributed by atoms with Crippen molar-refractivity contribution in [1.29, 1.82) is 0 Å². The molecule has 2 aromatic carbocycles. The number of nitrogens with one attached hydrogen (secondary N) is 2. The predicted octanol–water partition coefficient (Wildman–Crippen LogP) is 4.48. The van der Waals surface area contributed by atoms with E-state index in [9.17, 15) is 4.39 Å². The molecule has 0 saturated heterocycles. The number of hydrogen-bond acceptors (Lipinski definition) is 2. The largest absolute Gasteiger partial charge is 0.381 e. The van der Waals surface area contributed by atoms with Crippen LogP contribution in [0.2, 0.25) is 5.02 Å². The molecule has 0 aliphatic rings. The third kappa shape index (κ3) is 3.23. The first-order valence-corrected chi connectivity index (χ1v) is 6.87. The fraction of sp³-hybridized carbons (Fsp3) is 0.0625. The van der Waals surface area contributed by atoms with E-state index in [4.69, 9.17) is 11.6 Å². The molecular formula is C16H13ClFN3. The van der Waals surface area contributed by atoms with Gasteiger partial charge in [0.1, 0.15) is 5.82 Å². The number of aromatic amines is 1. The van der Waals surface area contributed by atoms with Gasteiger partial charge in [-0.05, 0) is 29.8 Å². The van der Waals surface area contributed by atoms with Crippen LogP contribution < -0.4 is 5.32 Å². The molecule has 0 atom stereocenters. The highest BCUT2D eigenvalue weighted by Crippen LogP contribution is 2.20. The first kappa shape index (κ1) is 13.6. The zero-order chi connectivity index (χ0) is 14.7. The van der Waals surface area contributed by atoms with Gasteiger partial charge in [-0.15, -0.1) is 0 Å². The molecule has 5 heteroatoms. The van der Waals surface area contributed by atoms with E-state index in [1.165, 1.54) is 6.07 Å². The molecule has 1 heterocycles. The maximum atomic E-state index is 13.7. The number of hydrogen-bond donors (Lipinski definition) is 2. The lowest BCUT2D eigenvalue weighted by Crippen LogP contribution is -2.01. The topological polar surface area (TPSA) is 40.7 Å². The van der Waals surface area contributed by atoms with Crippen LogP contribution in [0.1, 0.15) is 5.56 Å². The highest BCUT2D eigenvalue weighted by atomic mass is 35.5. The molecule has 0 saturated carbocycles. The Balaban J connectivity index is 1.68. The molecule has 3 aromatic rings. The second-order valence-corrected chi connectivity index (χ2v) is 5.07. The minimum Gasteiger partial charge on any atom is -0.381 e. The normalized spacial score (nSPS) is 10.6. The van der Waals surface area contributed by atoms with Crippen molar-refractivity contribution in [2.75, 3.05) is 5.32 Å². The molecule has 3 nitrogen and oxygen atoms in total. The number of benzene rings is 2. The molecule has 1 aromatic heterocycles. The molecule has 0 unspecified atom stereocenters. The summed E-state index contributed by atoms with van der Waals surface area (Å²) in [6.45, 7) is 0.409. The summed E-state index contributed by atoms with van der Waals surface area (Å²) >= 11 is 5.73. The van der Waals surface area contributed by atoms with E-state index in [1.54, 1.807) is 24.7 Å². The van der Waals surface area contributed by atoms with Crippen molar-refractivity contribution in [3.05, 3.63) is 71.4 Å². The van der Waals surface area contributed by atoms with Gasteiger partial charge in [-0.25, -0.2) is 9.37 Å². The minimum atomic E-state index is -0.302. The summed E-state index contributed by atoms with van der Waals surface area (Å²) < 4.78 is 13.7. The Morgan fingerprint density at radius 3 is 2.62 bits per heavy atom. The number of imidazole rings is 1. The number of halogens is 2. The Kier molecular flexibility index (Phi) is 3.88. The molecule has 21 heavy (non-hydrogen) atoms. The SMILES string of the molecule is Fc1cc(Cl)ccc1CNc1ccc(-c2cnc[nH]2)cc1. The Labute approximate surface area is 126 Å². The first-order chi connectivity index (χ1) is 10.2. The number of rotatable bonds is 4. The molecule has 3 rings (SSSR count). The third-order valence-electron chi connectivity index (χ3n) is 3.19. The molecule has 0 fully saturated rings. The van der Waals surface area contributed by atoms with Crippen LogP contribution in [0.4, 0.5) is 10.1 Å². The summed E-state index contributed by atoms with van der Waals surface area (Å²) in [5.41, 5.74) is 3.52. The molecule has 0 aliphatic heterocycles. The van der Waals surface area contributed by atoms with Gasteiger partial charge in [0.2, 0.25) is 0 Å². The van der Waals surface area contributed by atoms with Crippen LogP contribution in [-0.2, 0) is 6.54 Å². The van der Waals surface area contributed by atoms with Gasteiger partial charge in [0.25, 0.3) is 0 Å². The van der Waals surface area contributed by atoms with Gasteiger partial charge in [-0.2, -0.15) is 0 Å². The highest BCUT2D eigenvalue weighted by molar-refractivity contribution is 6.30. The molecular weight excluding hydrogens is 289 g/mol. The predicted molar refractivity (Wildman–Crippen MR) is 82.8 cm³/mol. The van der Waals surface area contributed by atoms with E-state index in [2.05, 4.69) is 15.3 Å². The average molecular weight is 302 g/mol. The molecule has 2 N–H and O–H groups in total. The quantitative estimate of drug-likeness (QED) is 0.746. The van der Waals surface area contributed by atoms with Crippen molar-refractivity contribution in [1.82, 2.24) is 9.97 Å². The maximum Gasteiger partial charge on any atom is 0.129 e. The van der Waals surface area contributed by atoms with Crippen molar-refractivity contribution in [3.63, 3.8) is 0 Å². The Hall–Kier alpha value is -2.33. The summed E-state index contributed by atoms with van der Waals surface area (Å²) in [7, 11) is 0. The van der Waals surface area contributed by atoms with Gasteiger partial charge in [-0.1, -0.05) is 29.8 Å². The van der Waals surface area contributed by atoms with Crippen LogP contribution in [0.5, 0.6) is 0 Å². The van der Waals surface area contributed by atoms with Crippen molar-refractivity contribution < 1.29 is 4.39 Å². The zero-order valence-electron chi connectivity index (χ0n) is 11.1. The Bertz CT molecular complexity index is 724. The van der Waals surface area contributed by atoms with Crippen LogP contribution in [0.3, 0.4) is 0 Å². The lowest BCUT2D eigenvalue weighted by Gasteiger charge is -2.08. The first-order valence-electron chi connectivity index (χ1n) is 6.49. The van der Waals surface area contributed by atoms with E-state index in [1.807, 2.05) is 24.3 Å². The summed E-state index contributed by atoms with van der Waals surface area (Å²) in [5, 5.41) is 3.59. The van der Waals surface area contributed by atoms with E-state index in [0.717, 1.165) is 16.9 Å². The molecule has 0 bridgehead atoms. The van der Waals surface area contributed by atoms with Crippen molar-refractivity contribution in [2.45, 2.75) is 6.54 Å². The second kappa shape index (κ2) is 5.97. The van der Waals surface area contributed by atoms with Gasteiger partial charge in [0.05, 0.1) is 18.2 Å². The van der Waals surface area contributed by atoms with Crippen molar-refractivity contribution in [2.24, 2.45) is 0 Å². The van der Waals surface area contributed by atoms with Gasteiger partial charge in [0, 0.05) is 22.8 Å². The van der Waals surface area contributed by atoms with E-state index in [0.29, 0.717) is 17.1 Å². The Morgan fingerprint density at radius 2 is 1.95 bits per heavy atom. The molecule has 0 spiro atoms. The van der Waals surface area contributed by atoms with Crippen molar-refractivity contribution >= 4 is 17.3 Å². The minimum absolute atomic E-state index is 0.302. The summed E-state index contributed by atoms with van der Waals surface area (Å²) in [6.07, 6.45) is 3.41. The number of aromatic nitrogens is 2. The molecule has 106 valence electrons. The summed E-state index contributed by atoms with van der Waals surface area (Å²) in [5.74, 6) is -0.302. The molecule has 0 aliphatic carbocycles. The van der Waals surface area contributed by atoms with Crippen molar-refractivity contribution in [3.8, 4) is 11.3 Å². The maximum absolute atomic E-state index is 13.7. The average Bonchev–Trinajstić information content (AvgIpc) is 3.01. The number of nitrogens with zero attached hydrogens (tertiary/aromatic N) is 1. The summed E-state index contributed by atoms with van der Waals surface area (Å²) in [4.78, 5) is 7.04. The number of H-pyrrole nitrogens is 1. The Morgan fingerprint density at radius 1 is 1.14 bits per heavy atom. The second-order valence-electron chi connectivity index (χ2n) is 4.63. The van der Waals surface area contributed by atoms with Crippen LogP contribution in [-0.4, -0.2) is 9.97 Å². The molecule has 0 radical (unpaired) electrons. The third-order valence-corrected chi connectivity index (χ3v) is 3.43. The van der Waals surface area contributed by atoms with Gasteiger partial charge >= 0.3 is 0 Å². The van der Waals surface area contributed by atoms with Crippen LogP contribution in [0.15, 0.2) is 55.0 Å². The van der Waals surface area contributed by atoms with E-state index >= 15 is 0 Å². The standard InChI is InChI=1S/C16H13ClFN3/c17-13-4-1-12(15(18)7-13)8-20-14-5-2-11(3-6-14)16-9-19-10-21-16/h1-7,9-10,20H,8H2,(H,19,21). The smallest absolute Gasteiger partial charge is 0.129 e.